The zero-order valence-electron chi connectivity index (χ0n) is 10.8. The van der Waals surface area contributed by atoms with Crippen molar-refractivity contribution in [2.75, 3.05) is 6.54 Å². The smallest absolute Gasteiger partial charge is 0.124 e. The summed E-state index contributed by atoms with van der Waals surface area (Å²) in [6.07, 6.45) is 0. The molecule has 0 spiro atoms. The van der Waals surface area contributed by atoms with Gasteiger partial charge in [-0.15, -0.1) is 0 Å². The Hall–Kier alpha value is -0.230. The first-order chi connectivity index (χ1) is 9.52. The van der Waals surface area contributed by atoms with E-state index in [1.54, 1.807) is 6.07 Å². The van der Waals surface area contributed by atoms with Gasteiger partial charge in [-0.2, -0.15) is 0 Å². The van der Waals surface area contributed by atoms with Crippen LogP contribution in [0.4, 0.5) is 4.39 Å². The van der Waals surface area contributed by atoms with Crippen LogP contribution in [-0.4, -0.2) is 6.54 Å². The van der Waals surface area contributed by atoms with Gasteiger partial charge in [0.1, 0.15) is 5.82 Å². The van der Waals surface area contributed by atoms with E-state index in [9.17, 15) is 4.39 Å². The summed E-state index contributed by atoms with van der Waals surface area (Å²) in [5.74, 6) is -0.246. The molecule has 0 bridgehead atoms. The van der Waals surface area contributed by atoms with Crippen LogP contribution in [0.5, 0.6) is 0 Å². The van der Waals surface area contributed by atoms with Gasteiger partial charge in [-0.1, -0.05) is 60.8 Å². The fourth-order valence-electron chi connectivity index (χ4n) is 2.06. The quantitative estimate of drug-likeness (QED) is 0.600. The van der Waals surface area contributed by atoms with Crippen molar-refractivity contribution in [3.63, 3.8) is 0 Å². The Labute approximate surface area is 143 Å². The van der Waals surface area contributed by atoms with Gasteiger partial charge in [-0.3, -0.25) is 0 Å². The lowest BCUT2D eigenvalue weighted by Gasteiger charge is -2.22. The average molecular weight is 466 g/mol. The Morgan fingerprint density at radius 2 is 1.75 bits per heavy atom. The van der Waals surface area contributed by atoms with Crippen LogP contribution in [0, 0.1) is 5.82 Å². The Bertz CT molecular complexity index is 616. The highest BCUT2D eigenvalue weighted by Crippen LogP contribution is 2.34. The number of hydrogen-bond donors (Lipinski definition) is 1. The summed E-state index contributed by atoms with van der Waals surface area (Å²) in [7, 11) is 0. The molecular weight excluding hydrogens is 453 g/mol. The first-order valence-electron chi connectivity index (χ1n) is 6.16. The van der Waals surface area contributed by atoms with E-state index in [0.29, 0.717) is 0 Å². The van der Waals surface area contributed by atoms with Crippen molar-refractivity contribution < 1.29 is 4.39 Å². The molecule has 1 nitrogen and oxygen atoms in total. The second kappa shape index (κ2) is 7.16. The van der Waals surface area contributed by atoms with Gasteiger partial charge in [0.05, 0.1) is 6.04 Å². The molecule has 2 aromatic carbocycles. The lowest BCUT2D eigenvalue weighted by Crippen LogP contribution is -2.22. The van der Waals surface area contributed by atoms with Gasteiger partial charge in [0.15, 0.2) is 0 Å². The molecule has 0 aromatic heterocycles. The molecule has 0 aliphatic rings. The van der Waals surface area contributed by atoms with Crippen LogP contribution in [0.1, 0.15) is 24.1 Å². The monoisotopic (exact) mass is 463 g/mol. The minimum absolute atomic E-state index is 0.0122. The Kier molecular flexibility index (Phi) is 5.78. The minimum Gasteiger partial charge on any atom is -0.306 e. The first-order valence-corrected chi connectivity index (χ1v) is 8.54. The third kappa shape index (κ3) is 3.70. The van der Waals surface area contributed by atoms with E-state index in [2.05, 4.69) is 66.1 Å². The maximum atomic E-state index is 13.3. The molecule has 0 aliphatic carbocycles. The van der Waals surface area contributed by atoms with Crippen LogP contribution in [0.25, 0.3) is 0 Å². The molecule has 1 N–H and O–H groups in total. The van der Waals surface area contributed by atoms with Crippen molar-refractivity contribution in [3.05, 3.63) is 66.8 Å². The van der Waals surface area contributed by atoms with E-state index in [1.165, 1.54) is 12.1 Å². The van der Waals surface area contributed by atoms with Crippen molar-refractivity contribution >= 4 is 47.8 Å². The first kappa shape index (κ1) is 16.1. The molecule has 106 valence electrons. The van der Waals surface area contributed by atoms with Crippen LogP contribution in [0.2, 0.25) is 0 Å². The van der Waals surface area contributed by atoms with Crippen LogP contribution >= 0.6 is 47.8 Å². The molecule has 20 heavy (non-hydrogen) atoms. The van der Waals surface area contributed by atoms with Crippen molar-refractivity contribution in [3.8, 4) is 0 Å². The molecule has 5 heteroatoms. The topological polar surface area (TPSA) is 12.0 Å². The molecule has 1 unspecified atom stereocenters. The van der Waals surface area contributed by atoms with Crippen LogP contribution < -0.4 is 5.32 Å². The standard InChI is InChI=1S/C15H13Br3FN/c1-2-20-15(11-5-4-10(19)8-14(11)18)12-7-9(16)3-6-13(12)17/h3-8,15,20H,2H2,1H3. The molecule has 1 atom stereocenters. The van der Waals surface area contributed by atoms with Crippen molar-refractivity contribution in [1.82, 2.24) is 5.32 Å². The molecule has 0 heterocycles. The van der Waals surface area contributed by atoms with E-state index in [-0.39, 0.29) is 11.9 Å². The van der Waals surface area contributed by atoms with Crippen LogP contribution in [0.15, 0.2) is 49.8 Å². The average Bonchev–Trinajstić information content (AvgIpc) is 2.40. The Morgan fingerprint density at radius 3 is 2.40 bits per heavy atom. The van der Waals surface area contributed by atoms with Crippen LogP contribution in [0.3, 0.4) is 0 Å². The molecule has 0 radical (unpaired) electrons. The molecule has 0 fully saturated rings. The van der Waals surface area contributed by atoms with Gasteiger partial charge >= 0.3 is 0 Å². The number of halogens is 4. The highest BCUT2D eigenvalue weighted by Gasteiger charge is 2.19. The second-order valence-electron chi connectivity index (χ2n) is 4.32. The highest BCUT2D eigenvalue weighted by molar-refractivity contribution is 9.11. The minimum atomic E-state index is -0.246. The maximum absolute atomic E-state index is 13.3. The predicted molar refractivity (Wildman–Crippen MR) is 91.5 cm³/mol. The third-order valence-electron chi connectivity index (χ3n) is 2.95. The van der Waals surface area contributed by atoms with Gasteiger partial charge in [-0.05, 0) is 48.0 Å². The molecule has 0 aliphatic heterocycles. The predicted octanol–water partition coefficient (Wildman–Crippen LogP) is 5.81. The molecule has 2 rings (SSSR count). The van der Waals surface area contributed by atoms with Gasteiger partial charge in [-0.25, -0.2) is 4.39 Å². The van der Waals surface area contributed by atoms with Crippen molar-refractivity contribution in [2.45, 2.75) is 13.0 Å². The molecular formula is C15H13Br3FN. The van der Waals surface area contributed by atoms with E-state index in [0.717, 1.165) is 31.1 Å². The molecule has 0 saturated carbocycles. The van der Waals surface area contributed by atoms with Gasteiger partial charge in [0, 0.05) is 13.4 Å². The number of rotatable bonds is 4. The van der Waals surface area contributed by atoms with Crippen molar-refractivity contribution in [2.24, 2.45) is 0 Å². The summed E-state index contributed by atoms with van der Waals surface area (Å²) in [5, 5.41) is 3.44. The molecule has 2 aromatic rings. The van der Waals surface area contributed by atoms with E-state index in [1.807, 2.05) is 12.1 Å². The van der Waals surface area contributed by atoms with E-state index < -0.39 is 0 Å². The van der Waals surface area contributed by atoms with Gasteiger partial charge in [0.2, 0.25) is 0 Å². The van der Waals surface area contributed by atoms with E-state index in [4.69, 9.17) is 0 Å². The fraction of sp³-hybridized carbons (Fsp3) is 0.200. The Morgan fingerprint density at radius 1 is 1.00 bits per heavy atom. The van der Waals surface area contributed by atoms with Gasteiger partial charge in [0.25, 0.3) is 0 Å². The van der Waals surface area contributed by atoms with E-state index >= 15 is 0 Å². The van der Waals surface area contributed by atoms with Crippen molar-refractivity contribution in [1.29, 1.82) is 0 Å². The summed E-state index contributed by atoms with van der Waals surface area (Å²) in [4.78, 5) is 0. The van der Waals surface area contributed by atoms with Gasteiger partial charge < -0.3 is 5.32 Å². The normalized spacial score (nSPS) is 12.4. The van der Waals surface area contributed by atoms with Crippen LogP contribution in [-0.2, 0) is 0 Å². The number of benzene rings is 2. The third-order valence-corrected chi connectivity index (χ3v) is 4.85. The molecule has 0 amide bonds. The zero-order valence-corrected chi connectivity index (χ0v) is 15.5. The summed E-state index contributed by atoms with van der Waals surface area (Å²) in [6, 6.07) is 10.8. The molecule has 0 saturated heterocycles. The highest BCUT2D eigenvalue weighted by atomic mass is 79.9. The summed E-state index contributed by atoms with van der Waals surface area (Å²) >= 11 is 10.5. The largest absolute Gasteiger partial charge is 0.306 e. The number of nitrogens with one attached hydrogen (secondary N) is 1. The fourth-order valence-corrected chi connectivity index (χ4v) is 3.50. The summed E-state index contributed by atoms with van der Waals surface area (Å²) in [6.45, 7) is 2.86. The Balaban J connectivity index is 2.53. The second-order valence-corrected chi connectivity index (χ2v) is 6.95. The summed E-state index contributed by atoms with van der Waals surface area (Å²) in [5.41, 5.74) is 2.11. The lowest BCUT2D eigenvalue weighted by molar-refractivity contribution is 0.610. The zero-order chi connectivity index (χ0) is 14.7. The number of hydrogen-bond acceptors (Lipinski definition) is 1. The SMILES string of the molecule is CCNC(c1ccc(F)cc1Br)c1cc(Br)ccc1Br. The summed E-state index contributed by atoms with van der Waals surface area (Å²) < 4.78 is 16.1. The maximum Gasteiger partial charge on any atom is 0.124 e. The lowest BCUT2D eigenvalue weighted by atomic mass is 9.98.